The van der Waals surface area contributed by atoms with Crippen LogP contribution in [0.5, 0.6) is 5.75 Å². The van der Waals surface area contributed by atoms with Gasteiger partial charge in [-0.1, -0.05) is 19.9 Å². The summed E-state index contributed by atoms with van der Waals surface area (Å²) in [6.45, 7) is 9.20. The predicted molar refractivity (Wildman–Crippen MR) is 78.4 cm³/mol. The van der Waals surface area contributed by atoms with Crippen LogP contribution in [0, 0.1) is 17.0 Å². The number of ether oxygens (including phenoxy) is 1. The number of nitrogens with zero attached hydrogens (tertiary/aromatic N) is 2. The quantitative estimate of drug-likeness (QED) is 0.571. The zero-order chi connectivity index (χ0) is 13.5. The molecule has 0 aliphatic heterocycles. The highest BCUT2D eigenvalue weighted by Crippen LogP contribution is 2.27. The molecule has 0 spiro atoms. The molecule has 5 nitrogen and oxygen atoms in total. The lowest BCUT2D eigenvalue weighted by atomic mass is 10.2. The van der Waals surface area contributed by atoms with Crippen LogP contribution >= 0.6 is 12.4 Å². The summed E-state index contributed by atoms with van der Waals surface area (Å²) in [4.78, 5) is 12.7. The van der Waals surface area contributed by atoms with Crippen molar-refractivity contribution in [2.45, 2.75) is 20.8 Å². The standard InChI is InChI=1S/C13H20N2O3.ClH/c1-4-14(5-2)8-9-18-13-10-11(3)6-7-12(13)15(16)17;/h6-7,10H,4-5,8-9H2,1-3H3;1H. The molecule has 0 aromatic heterocycles. The van der Waals surface area contributed by atoms with Crippen LogP contribution in [0.1, 0.15) is 19.4 Å². The van der Waals surface area contributed by atoms with Crippen LogP contribution in [-0.4, -0.2) is 36.1 Å². The fourth-order valence-corrected chi connectivity index (χ4v) is 1.71. The van der Waals surface area contributed by atoms with E-state index in [4.69, 9.17) is 4.74 Å². The Hall–Kier alpha value is -1.33. The van der Waals surface area contributed by atoms with Gasteiger partial charge >= 0.3 is 5.69 Å². The van der Waals surface area contributed by atoms with Gasteiger partial charge in [0.15, 0.2) is 5.75 Å². The van der Waals surface area contributed by atoms with Crippen LogP contribution in [0.3, 0.4) is 0 Å². The Bertz CT molecular complexity index is 409. The van der Waals surface area contributed by atoms with Gasteiger partial charge in [0, 0.05) is 12.6 Å². The van der Waals surface area contributed by atoms with E-state index in [-0.39, 0.29) is 18.1 Å². The molecule has 0 bridgehead atoms. The first kappa shape index (κ1) is 17.7. The summed E-state index contributed by atoms with van der Waals surface area (Å²) in [6.07, 6.45) is 0. The van der Waals surface area contributed by atoms with E-state index in [9.17, 15) is 10.1 Å². The Morgan fingerprint density at radius 3 is 2.47 bits per heavy atom. The minimum Gasteiger partial charge on any atom is -0.485 e. The lowest BCUT2D eigenvalue weighted by Gasteiger charge is -2.18. The molecule has 0 amide bonds. The van der Waals surface area contributed by atoms with E-state index in [0.717, 1.165) is 25.2 Å². The van der Waals surface area contributed by atoms with E-state index in [1.54, 1.807) is 12.1 Å². The third-order valence-electron chi connectivity index (χ3n) is 2.87. The van der Waals surface area contributed by atoms with E-state index < -0.39 is 4.92 Å². The number of halogens is 1. The van der Waals surface area contributed by atoms with E-state index in [1.165, 1.54) is 6.07 Å². The minimum absolute atomic E-state index is 0. The first-order chi connectivity index (χ1) is 8.58. The maximum absolute atomic E-state index is 10.9. The third kappa shape index (κ3) is 5.44. The number of hydrogen-bond acceptors (Lipinski definition) is 4. The number of aryl methyl sites for hydroxylation is 1. The smallest absolute Gasteiger partial charge is 0.310 e. The highest BCUT2D eigenvalue weighted by Gasteiger charge is 2.14. The summed E-state index contributed by atoms with van der Waals surface area (Å²) in [5.41, 5.74) is 0.985. The molecule has 0 radical (unpaired) electrons. The Balaban J connectivity index is 0.00000324. The Kier molecular flexibility index (Phi) is 8.11. The third-order valence-corrected chi connectivity index (χ3v) is 2.87. The summed E-state index contributed by atoms with van der Waals surface area (Å²) in [5, 5.41) is 10.9. The van der Waals surface area contributed by atoms with Gasteiger partial charge < -0.3 is 9.64 Å². The van der Waals surface area contributed by atoms with Crippen molar-refractivity contribution in [1.82, 2.24) is 4.90 Å². The van der Waals surface area contributed by atoms with Crippen LogP contribution < -0.4 is 4.74 Å². The van der Waals surface area contributed by atoms with Gasteiger partial charge in [-0.15, -0.1) is 12.4 Å². The fraction of sp³-hybridized carbons (Fsp3) is 0.538. The number of rotatable bonds is 7. The maximum Gasteiger partial charge on any atom is 0.310 e. The van der Waals surface area contributed by atoms with Crippen molar-refractivity contribution in [1.29, 1.82) is 0 Å². The van der Waals surface area contributed by atoms with Gasteiger partial charge in [0.25, 0.3) is 0 Å². The highest BCUT2D eigenvalue weighted by atomic mass is 35.5. The average Bonchev–Trinajstić information content (AvgIpc) is 2.34. The van der Waals surface area contributed by atoms with Crippen LogP contribution in [-0.2, 0) is 0 Å². The summed E-state index contributed by atoms with van der Waals surface area (Å²) in [7, 11) is 0. The minimum atomic E-state index is -0.411. The molecule has 0 heterocycles. The van der Waals surface area contributed by atoms with Gasteiger partial charge in [0.2, 0.25) is 0 Å². The second-order valence-corrected chi connectivity index (χ2v) is 4.10. The molecule has 6 heteroatoms. The average molecular weight is 289 g/mol. The summed E-state index contributed by atoms with van der Waals surface area (Å²) in [5.74, 6) is 0.354. The normalized spacial score (nSPS) is 10.1. The molecule has 108 valence electrons. The number of nitro groups is 1. The van der Waals surface area contributed by atoms with Gasteiger partial charge in [-0.05, 0) is 31.6 Å². The molecular formula is C13H21ClN2O3. The highest BCUT2D eigenvalue weighted by molar-refractivity contribution is 5.85. The Morgan fingerprint density at radius 1 is 1.32 bits per heavy atom. The molecule has 0 aliphatic rings. The molecule has 0 unspecified atom stereocenters. The monoisotopic (exact) mass is 288 g/mol. The van der Waals surface area contributed by atoms with Crippen molar-refractivity contribution in [2.24, 2.45) is 0 Å². The Labute approximate surface area is 120 Å². The zero-order valence-electron chi connectivity index (χ0n) is 11.6. The number of hydrogen-bond donors (Lipinski definition) is 0. The zero-order valence-corrected chi connectivity index (χ0v) is 12.4. The second kappa shape index (κ2) is 8.72. The lowest BCUT2D eigenvalue weighted by molar-refractivity contribution is -0.385. The fourth-order valence-electron chi connectivity index (χ4n) is 1.71. The Morgan fingerprint density at radius 2 is 1.95 bits per heavy atom. The molecule has 0 N–H and O–H groups in total. The molecule has 1 rings (SSSR count). The number of likely N-dealkylation sites (N-methyl/N-ethyl adjacent to an activating group) is 1. The van der Waals surface area contributed by atoms with E-state index in [0.29, 0.717) is 12.4 Å². The van der Waals surface area contributed by atoms with Crippen molar-refractivity contribution >= 4 is 18.1 Å². The van der Waals surface area contributed by atoms with Crippen molar-refractivity contribution in [3.8, 4) is 5.75 Å². The van der Waals surface area contributed by atoms with Gasteiger partial charge in [0.1, 0.15) is 6.61 Å². The van der Waals surface area contributed by atoms with Crippen LogP contribution in [0.2, 0.25) is 0 Å². The van der Waals surface area contributed by atoms with E-state index in [2.05, 4.69) is 18.7 Å². The largest absolute Gasteiger partial charge is 0.485 e. The van der Waals surface area contributed by atoms with Crippen molar-refractivity contribution in [3.63, 3.8) is 0 Å². The van der Waals surface area contributed by atoms with Crippen molar-refractivity contribution < 1.29 is 9.66 Å². The summed E-state index contributed by atoms with van der Waals surface area (Å²) < 4.78 is 5.53. The van der Waals surface area contributed by atoms with Crippen LogP contribution in [0.25, 0.3) is 0 Å². The van der Waals surface area contributed by atoms with Gasteiger partial charge in [-0.3, -0.25) is 10.1 Å². The summed E-state index contributed by atoms with van der Waals surface area (Å²) >= 11 is 0. The SMILES string of the molecule is CCN(CC)CCOc1cc(C)ccc1[N+](=O)[O-].Cl. The van der Waals surface area contributed by atoms with Crippen molar-refractivity contribution in [3.05, 3.63) is 33.9 Å². The van der Waals surface area contributed by atoms with Crippen LogP contribution in [0.15, 0.2) is 18.2 Å². The first-order valence-electron chi connectivity index (χ1n) is 6.18. The molecule has 19 heavy (non-hydrogen) atoms. The predicted octanol–water partition coefficient (Wildman–Crippen LogP) is 3.05. The van der Waals surface area contributed by atoms with E-state index in [1.807, 2.05) is 6.92 Å². The molecule has 0 fully saturated rings. The number of nitro benzene ring substituents is 1. The molecule has 0 aliphatic carbocycles. The lowest BCUT2D eigenvalue weighted by Crippen LogP contribution is -2.28. The molecule has 1 aromatic carbocycles. The summed E-state index contributed by atoms with van der Waals surface area (Å²) in [6, 6.07) is 4.91. The molecule has 0 saturated carbocycles. The van der Waals surface area contributed by atoms with Gasteiger partial charge in [-0.25, -0.2) is 0 Å². The molecular weight excluding hydrogens is 268 g/mol. The van der Waals surface area contributed by atoms with Gasteiger partial charge in [0.05, 0.1) is 4.92 Å². The topological polar surface area (TPSA) is 55.6 Å². The van der Waals surface area contributed by atoms with Crippen LogP contribution in [0.4, 0.5) is 5.69 Å². The van der Waals surface area contributed by atoms with Crippen molar-refractivity contribution in [2.75, 3.05) is 26.2 Å². The van der Waals surface area contributed by atoms with Gasteiger partial charge in [-0.2, -0.15) is 0 Å². The first-order valence-corrected chi connectivity index (χ1v) is 6.18. The second-order valence-electron chi connectivity index (χ2n) is 4.10. The maximum atomic E-state index is 10.9. The molecule has 1 aromatic rings. The number of benzene rings is 1. The molecule has 0 atom stereocenters. The molecule has 0 saturated heterocycles. The van der Waals surface area contributed by atoms with E-state index >= 15 is 0 Å².